The highest BCUT2D eigenvalue weighted by Gasteiger charge is 2.10. The molecule has 2 amide bonds. The number of ether oxygens (including phenoxy) is 2. The number of aryl methyl sites for hydroxylation is 1. The van der Waals surface area contributed by atoms with Gasteiger partial charge in [0.2, 0.25) is 5.91 Å². The monoisotopic (exact) mass is 496 g/mol. The van der Waals surface area contributed by atoms with E-state index in [4.69, 9.17) is 9.47 Å². The molecular formula is C30H28N2O5. The van der Waals surface area contributed by atoms with Crippen LogP contribution < -0.4 is 15.4 Å². The molecule has 0 saturated heterocycles. The van der Waals surface area contributed by atoms with Gasteiger partial charge in [0.25, 0.3) is 5.91 Å². The molecule has 7 heteroatoms. The quantitative estimate of drug-likeness (QED) is 0.254. The Balaban J connectivity index is 1.16. The highest BCUT2D eigenvalue weighted by Crippen LogP contribution is 2.30. The zero-order valence-corrected chi connectivity index (χ0v) is 20.5. The zero-order chi connectivity index (χ0) is 26.0. The Hall–Kier alpha value is -4.65. The van der Waals surface area contributed by atoms with Crippen LogP contribution in [0.1, 0.15) is 24.8 Å². The van der Waals surface area contributed by atoms with Gasteiger partial charge in [0.05, 0.1) is 0 Å². The van der Waals surface area contributed by atoms with E-state index in [9.17, 15) is 14.4 Å². The first-order valence-electron chi connectivity index (χ1n) is 12.0. The second-order valence-electron chi connectivity index (χ2n) is 8.58. The number of nitrogens with one attached hydrogen (secondary N) is 2. The van der Waals surface area contributed by atoms with Gasteiger partial charge in [0.1, 0.15) is 11.5 Å². The van der Waals surface area contributed by atoms with Gasteiger partial charge in [-0.25, -0.2) is 0 Å². The molecule has 0 fully saturated rings. The summed E-state index contributed by atoms with van der Waals surface area (Å²) in [5, 5.41) is 7.60. The van der Waals surface area contributed by atoms with Crippen molar-refractivity contribution in [2.24, 2.45) is 0 Å². The summed E-state index contributed by atoms with van der Waals surface area (Å²) in [5.74, 6) is 0.261. The summed E-state index contributed by atoms with van der Waals surface area (Å²) in [6.45, 7) is 1.55. The molecule has 0 atom stereocenters. The van der Waals surface area contributed by atoms with Crippen LogP contribution in [0.15, 0.2) is 91.0 Å². The van der Waals surface area contributed by atoms with Crippen LogP contribution >= 0.6 is 0 Å². The summed E-state index contributed by atoms with van der Waals surface area (Å²) in [6.07, 6.45) is 0.508. The van der Waals surface area contributed by atoms with Crippen molar-refractivity contribution in [1.29, 1.82) is 0 Å². The molecule has 37 heavy (non-hydrogen) atoms. The van der Waals surface area contributed by atoms with Gasteiger partial charge in [0.15, 0.2) is 6.61 Å². The van der Waals surface area contributed by atoms with Crippen molar-refractivity contribution in [2.75, 3.05) is 17.2 Å². The van der Waals surface area contributed by atoms with Gasteiger partial charge in [0, 0.05) is 29.6 Å². The maximum Gasteiger partial charge on any atom is 0.306 e. The number of fused-ring (bicyclic) bond motifs is 1. The third-order valence-electron chi connectivity index (χ3n) is 5.57. The number of carbonyl (C=O) groups excluding carboxylic acids is 3. The Morgan fingerprint density at radius 3 is 2.27 bits per heavy atom. The normalized spacial score (nSPS) is 10.5. The lowest BCUT2D eigenvalue weighted by Crippen LogP contribution is -2.21. The topological polar surface area (TPSA) is 93.7 Å². The van der Waals surface area contributed by atoms with Crippen LogP contribution in [0.5, 0.6) is 11.5 Å². The first-order chi connectivity index (χ1) is 18.0. The summed E-state index contributed by atoms with van der Waals surface area (Å²) >= 11 is 0. The molecule has 4 aromatic rings. The molecule has 0 heterocycles. The maximum absolute atomic E-state index is 12.3. The van der Waals surface area contributed by atoms with E-state index in [1.54, 1.807) is 30.3 Å². The number of hydrogen-bond donors (Lipinski definition) is 2. The fourth-order valence-electron chi connectivity index (χ4n) is 3.77. The largest absolute Gasteiger partial charge is 0.457 e. The predicted octanol–water partition coefficient (Wildman–Crippen LogP) is 6.23. The van der Waals surface area contributed by atoms with Crippen LogP contribution in [0, 0.1) is 6.92 Å². The number of amides is 2. The Labute approximate surface area is 215 Å². The van der Waals surface area contributed by atoms with Gasteiger partial charge in [-0.1, -0.05) is 48.5 Å². The van der Waals surface area contributed by atoms with Crippen LogP contribution in [0.4, 0.5) is 11.4 Å². The smallest absolute Gasteiger partial charge is 0.306 e. The van der Waals surface area contributed by atoms with Gasteiger partial charge >= 0.3 is 5.97 Å². The van der Waals surface area contributed by atoms with E-state index in [2.05, 4.69) is 10.6 Å². The summed E-state index contributed by atoms with van der Waals surface area (Å²) in [4.78, 5) is 36.1. The minimum absolute atomic E-state index is 0.0446. The molecule has 2 N–H and O–H groups in total. The van der Waals surface area contributed by atoms with Crippen LogP contribution in [0.2, 0.25) is 0 Å². The van der Waals surface area contributed by atoms with Crippen molar-refractivity contribution in [3.8, 4) is 11.5 Å². The summed E-state index contributed by atoms with van der Waals surface area (Å²) in [7, 11) is 0. The molecule has 0 aliphatic carbocycles. The Bertz CT molecular complexity index is 1390. The van der Waals surface area contributed by atoms with Crippen LogP contribution in [-0.2, 0) is 19.1 Å². The third-order valence-corrected chi connectivity index (χ3v) is 5.57. The van der Waals surface area contributed by atoms with Gasteiger partial charge in [-0.3, -0.25) is 14.4 Å². The molecule has 7 nitrogen and oxygen atoms in total. The second kappa shape index (κ2) is 12.4. The minimum atomic E-state index is -0.526. The SMILES string of the molecule is Cc1cccc(NC(=O)COC(=O)CCCC(=O)Nc2ccc(Oc3cccc4ccccc34)cc2)c1. The number of carbonyl (C=O) groups is 3. The molecule has 0 radical (unpaired) electrons. The molecule has 0 bridgehead atoms. The van der Waals surface area contributed by atoms with Gasteiger partial charge < -0.3 is 20.1 Å². The zero-order valence-electron chi connectivity index (χ0n) is 20.5. The van der Waals surface area contributed by atoms with Crippen LogP contribution in [0.25, 0.3) is 10.8 Å². The summed E-state index contributed by atoms with van der Waals surface area (Å²) in [5.41, 5.74) is 2.29. The number of esters is 1. The lowest BCUT2D eigenvalue weighted by atomic mass is 10.1. The molecule has 188 valence electrons. The fourth-order valence-corrected chi connectivity index (χ4v) is 3.77. The van der Waals surface area contributed by atoms with E-state index in [1.807, 2.05) is 67.6 Å². The fraction of sp³-hybridized carbons (Fsp3) is 0.167. The number of anilines is 2. The van der Waals surface area contributed by atoms with Gasteiger partial charge in [-0.2, -0.15) is 0 Å². The molecular weight excluding hydrogens is 468 g/mol. The average molecular weight is 497 g/mol. The van der Waals surface area contributed by atoms with Crippen LogP contribution in [0.3, 0.4) is 0 Å². The second-order valence-corrected chi connectivity index (χ2v) is 8.58. The van der Waals surface area contributed by atoms with Crippen molar-refractivity contribution in [2.45, 2.75) is 26.2 Å². The maximum atomic E-state index is 12.3. The first kappa shape index (κ1) is 25.4. The number of rotatable bonds is 10. The lowest BCUT2D eigenvalue weighted by Gasteiger charge is -2.10. The number of hydrogen-bond acceptors (Lipinski definition) is 5. The van der Waals surface area contributed by atoms with E-state index in [1.165, 1.54) is 0 Å². The lowest BCUT2D eigenvalue weighted by molar-refractivity contribution is -0.147. The van der Waals surface area contributed by atoms with E-state index < -0.39 is 11.9 Å². The molecule has 4 aromatic carbocycles. The van der Waals surface area contributed by atoms with Crippen molar-refractivity contribution in [1.82, 2.24) is 0 Å². The Kier molecular flexibility index (Phi) is 8.49. The molecule has 0 aromatic heterocycles. The van der Waals surface area contributed by atoms with Crippen LogP contribution in [-0.4, -0.2) is 24.4 Å². The standard InChI is InChI=1S/C30H28N2O5/c1-21-7-4-10-24(19-21)32-29(34)20-36-30(35)14-6-13-28(33)31-23-15-17-25(18-16-23)37-27-12-5-9-22-8-2-3-11-26(22)27/h2-5,7-12,15-19H,6,13-14,20H2,1H3,(H,31,33)(H,32,34). The van der Waals surface area contributed by atoms with E-state index in [-0.39, 0.29) is 25.4 Å². The van der Waals surface area contributed by atoms with Crippen molar-refractivity contribution in [3.05, 3.63) is 96.6 Å². The van der Waals surface area contributed by atoms with E-state index >= 15 is 0 Å². The number of benzene rings is 4. The molecule has 0 spiro atoms. The van der Waals surface area contributed by atoms with E-state index in [0.29, 0.717) is 23.5 Å². The summed E-state index contributed by atoms with van der Waals surface area (Å²) < 4.78 is 11.0. The third kappa shape index (κ3) is 7.67. The average Bonchev–Trinajstić information content (AvgIpc) is 2.89. The van der Waals surface area contributed by atoms with Crippen molar-refractivity contribution >= 4 is 39.9 Å². The predicted molar refractivity (Wildman–Crippen MR) is 144 cm³/mol. The van der Waals surface area contributed by atoms with E-state index in [0.717, 1.165) is 22.1 Å². The molecule has 0 unspecified atom stereocenters. The summed E-state index contributed by atoms with van der Waals surface area (Å²) in [6, 6.07) is 28.3. The van der Waals surface area contributed by atoms with Crippen molar-refractivity contribution in [3.63, 3.8) is 0 Å². The molecule has 0 aliphatic heterocycles. The molecule has 0 saturated carbocycles. The Morgan fingerprint density at radius 2 is 1.46 bits per heavy atom. The van der Waals surface area contributed by atoms with Gasteiger partial charge in [-0.15, -0.1) is 0 Å². The molecule has 4 rings (SSSR count). The highest BCUT2D eigenvalue weighted by molar-refractivity contribution is 5.93. The van der Waals surface area contributed by atoms with Gasteiger partial charge in [-0.05, 0) is 66.8 Å². The highest BCUT2D eigenvalue weighted by atomic mass is 16.5. The first-order valence-corrected chi connectivity index (χ1v) is 12.0. The van der Waals surface area contributed by atoms with Crippen molar-refractivity contribution < 1.29 is 23.9 Å². The Morgan fingerprint density at radius 1 is 0.730 bits per heavy atom. The minimum Gasteiger partial charge on any atom is -0.457 e. The molecule has 0 aliphatic rings.